The van der Waals surface area contributed by atoms with Gasteiger partial charge in [0.2, 0.25) is 0 Å². The summed E-state index contributed by atoms with van der Waals surface area (Å²) in [5, 5.41) is 5.22. The molecule has 0 bridgehead atoms. The van der Waals surface area contributed by atoms with Gasteiger partial charge in [-0.2, -0.15) is 5.10 Å². The third-order valence-corrected chi connectivity index (χ3v) is 3.16. The van der Waals surface area contributed by atoms with Crippen LogP contribution in [-0.2, 0) is 0 Å². The van der Waals surface area contributed by atoms with Crippen LogP contribution in [-0.4, -0.2) is 5.71 Å². The number of hydrogen-bond donors (Lipinski definition) is 1. The van der Waals surface area contributed by atoms with Gasteiger partial charge in [0.05, 0.1) is 11.4 Å². The van der Waals surface area contributed by atoms with Gasteiger partial charge >= 0.3 is 5.63 Å². The quantitative estimate of drug-likeness (QED) is 0.452. The highest BCUT2D eigenvalue weighted by atomic mass is 16.4. The first-order chi connectivity index (χ1) is 10.2. The van der Waals surface area contributed by atoms with E-state index in [-0.39, 0.29) is 5.63 Å². The van der Waals surface area contributed by atoms with Crippen molar-refractivity contribution in [2.75, 3.05) is 5.43 Å². The molecule has 0 aliphatic rings. The number of nitrogens with one attached hydrogen (secondary N) is 1. The standard InChI is InChI=1S/C17H14N2O2/c1-12(13-5-3-2-4-6-13)18-19-15-8-9-16-14(11-15)7-10-17(20)21-16/h2-11,19H,1H3/b18-12+. The van der Waals surface area contributed by atoms with Gasteiger partial charge in [-0.3, -0.25) is 5.43 Å². The van der Waals surface area contributed by atoms with E-state index < -0.39 is 0 Å². The van der Waals surface area contributed by atoms with Crippen LogP contribution in [0, 0.1) is 0 Å². The minimum Gasteiger partial charge on any atom is -0.423 e. The molecule has 0 unspecified atom stereocenters. The Morgan fingerprint density at radius 2 is 1.86 bits per heavy atom. The van der Waals surface area contributed by atoms with Crippen molar-refractivity contribution in [3.63, 3.8) is 0 Å². The van der Waals surface area contributed by atoms with E-state index in [1.54, 1.807) is 12.1 Å². The Morgan fingerprint density at radius 3 is 2.67 bits per heavy atom. The highest BCUT2D eigenvalue weighted by molar-refractivity contribution is 5.99. The molecule has 3 rings (SSSR count). The second-order valence-corrected chi connectivity index (χ2v) is 4.68. The predicted octanol–water partition coefficient (Wildman–Crippen LogP) is 3.63. The van der Waals surface area contributed by atoms with E-state index in [1.165, 1.54) is 6.07 Å². The fourth-order valence-electron chi connectivity index (χ4n) is 2.03. The smallest absolute Gasteiger partial charge is 0.336 e. The largest absolute Gasteiger partial charge is 0.423 e. The van der Waals surface area contributed by atoms with Crippen LogP contribution in [0.5, 0.6) is 0 Å². The van der Waals surface area contributed by atoms with Gasteiger partial charge in [-0.25, -0.2) is 4.79 Å². The minimum atomic E-state index is -0.346. The van der Waals surface area contributed by atoms with Crippen molar-refractivity contribution in [2.45, 2.75) is 6.92 Å². The van der Waals surface area contributed by atoms with Crippen LogP contribution in [0.2, 0.25) is 0 Å². The molecule has 1 heterocycles. The van der Waals surface area contributed by atoms with Crippen molar-refractivity contribution in [1.82, 2.24) is 0 Å². The molecule has 0 atom stereocenters. The molecule has 0 spiro atoms. The van der Waals surface area contributed by atoms with Gasteiger partial charge in [0.25, 0.3) is 0 Å². The Hall–Kier alpha value is -2.88. The van der Waals surface area contributed by atoms with Crippen molar-refractivity contribution in [2.24, 2.45) is 5.10 Å². The maximum atomic E-state index is 11.1. The molecular formula is C17H14N2O2. The van der Waals surface area contributed by atoms with Crippen LogP contribution in [0.3, 0.4) is 0 Å². The van der Waals surface area contributed by atoms with Crippen molar-refractivity contribution in [1.29, 1.82) is 0 Å². The van der Waals surface area contributed by atoms with Gasteiger partial charge in [0, 0.05) is 11.5 Å². The summed E-state index contributed by atoms with van der Waals surface area (Å²) in [6.45, 7) is 1.95. The first kappa shape index (κ1) is 13.1. The molecule has 4 nitrogen and oxygen atoms in total. The highest BCUT2D eigenvalue weighted by Crippen LogP contribution is 2.17. The lowest BCUT2D eigenvalue weighted by molar-refractivity contribution is 0.561. The van der Waals surface area contributed by atoms with E-state index >= 15 is 0 Å². The van der Waals surface area contributed by atoms with Crippen molar-refractivity contribution in [3.8, 4) is 0 Å². The van der Waals surface area contributed by atoms with Crippen molar-refractivity contribution < 1.29 is 4.42 Å². The Labute approximate surface area is 121 Å². The SMILES string of the molecule is C/C(=N\Nc1ccc2oc(=O)ccc2c1)c1ccccc1. The first-order valence-corrected chi connectivity index (χ1v) is 6.62. The number of nitrogens with zero attached hydrogens (tertiary/aromatic N) is 1. The second-order valence-electron chi connectivity index (χ2n) is 4.68. The fourth-order valence-corrected chi connectivity index (χ4v) is 2.03. The molecule has 0 aliphatic carbocycles. The summed E-state index contributed by atoms with van der Waals surface area (Å²) in [4.78, 5) is 11.1. The lowest BCUT2D eigenvalue weighted by Crippen LogP contribution is -1.99. The lowest BCUT2D eigenvalue weighted by atomic mass is 10.1. The number of anilines is 1. The molecule has 1 N–H and O–H groups in total. The Balaban J connectivity index is 1.85. The number of hydrogen-bond acceptors (Lipinski definition) is 4. The molecule has 0 saturated heterocycles. The van der Waals surface area contributed by atoms with E-state index in [2.05, 4.69) is 10.5 Å². The molecule has 1 aromatic heterocycles. The summed E-state index contributed by atoms with van der Waals surface area (Å²) < 4.78 is 5.09. The molecule has 104 valence electrons. The predicted molar refractivity (Wildman–Crippen MR) is 84.8 cm³/mol. The van der Waals surface area contributed by atoms with Crippen LogP contribution in [0.15, 0.2) is 75.0 Å². The number of fused-ring (bicyclic) bond motifs is 1. The summed E-state index contributed by atoms with van der Waals surface area (Å²) >= 11 is 0. The van der Waals surface area contributed by atoms with Gasteiger partial charge in [-0.1, -0.05) is 30.3 Å². The minimum absolute atomic E-state index is 0.346. The Bertz CT molecular complexity index is 851. The van der Waals surface area contributed by atoms with Gasteiger partial charge in [-0.15, -0.1) is 0 Å². The molecule has 0 saturated carbocycles. The van der Waals surface area contributed by atoms with Crippen LogP contribution in [0.1, 0.15) is 12.5 Å². The molecule has 2 aromatic carbocycles. The molecular weight excluding hydrogens is 264 g/mol. The molecule has 21 heavy (non-hydrogen) atoms. The summed E-state index contributed by atoms with van der Waals surface area (Å²) in [7, 11) is 0. The highest BCUT2D eigenvalue weighted by Gasteiger charge is 1.99. The Morgan fingerprint density at radius 1 is 1.05 bits per heavy atom. The van der Waals surface area contributed by atoms with Crippen LogP contribution in [0.4, 0.5) is 5.69 Å². The number of benzene rings is 2. The molecule has 3 aromatic rings. The second kappa shape index (κ2) is 5.63. The summed E-state index contributed by atoms with van der Waals surface area (Å²) in [6, 6.07) is 18.6. The maximum absolute atomic E-state index is 11.1. The molecule has 4 heteroatoms. The molecule has 0 radical (unpaired) electrons. The summed E-state index contributed by atoms with van der Waals surface area (Å²) in [6.07, 6.45) is 0. The third-order valence-electron chi connectivity index (χ3n) is 3.16. The maximum Gasteiger partial charge on any atom is 0.336 e. The first-order valence-electron chi connectivity index (χ1n) is 6.62. The van der Waals surface area contributed by atoms with Crippen LogP contribution >= 0.6 is 0 Å². The van der Waals surface area contributed by atoms with E-state index in [9.17, 15) is 4.79 Å². The average Bonchev–Trinajstić information content (AvgIpc) is 2.53. The van der Waals surface area contributed by atoms with E-state index in [4.69, 9.17) is 4.42 Å². The zero-order valence-corrected chi connectivity index (χ0v) is 11.5. The number of rotatable bonds is 3. The zero-order valence-electron chi connectivity index (χ0n) is 11.5. The topological polar surface area (TPSA) is 54.6 Å². The van der Waals surface area contributed by atoms with Crippen LogP contribution in [0.25, 0.3) is 11.0 Å². The van der Waals surface area contributed by atoms with E-state index in [0.29, 0.717) is 5.58 Å². The Kier molecular flexibility index (Phi) is 3.51. The molecule has 0 amide bonds. The van der Waals surface area contributed by atoms with Gasteiger partial charge in [0.15, 0.2) is 0 Å². The fraction of sp³-hybridized carbons (Fsp3) is 0.0588. The lowest BCUT2D eigenvalue weighted by Gasteiger charge is -2.04. The van der Waals surface area contributed by atoms with Gasteiger partial charge in [0.1, 0.15) is 5.58 Å². The van der Waals surface area contributed by atoms with Crippen LogP contribution < -0.4 is 11.1 Å². The van der Waals surface area contributed by atoms with Gasteiger partial charge in [-0.05, 0) is 36.8 Å². The van der Waals surface area contributed by atoms with Crippen molar-refractivity contribution in [3.05, 3.63) is 76.6 Å². The monoisotopic (exact) mass is 278 g/mol. The van der Waals surface area contributed by atoms with E-state index in [1.807, 2.05) is 49.4 Å². The molecule has 0 aliphatic heterocycles. The molecule has 0 fully saturated rings. The summed E-state index contributed by atoms with van der Waals surface area (Å²) in [5.74, 6) is 0. The van der Waals surface area contributed by atoms with E-state index in [0.717, 1.165) is 22.3 Å². The normalized spacial score (nSPS) is 11.6. The van der Waals surface area contributed by atoms with Gasteiger partial charge < -0.3 is 4.42 Å². The average molecular weight is 278 g/mol. The summed E-state index contributed by atoms with van der Waals surface area (Å²) in [5.41, 5.74) is 6.04. The third kappa shape index (κ3) is 3.00. The number of hydrazone groups is 1. The zero-order chi connectivity index (χ0) is 14.7. The van der Waals surface area contributed by atoms with Crippen molar-refractivity contribution >= 4 is 22.4 Å².